The van der Waals surface area contributed by atoms with Crippen molar-refractivity contribution in [3.8, 4) is 0 Å². The van der Waals surface area contributed by atoms with Crippen molar-refractivity contribution in [3.63, 3.8) is 0 Å². The largest absolute Gasteiger partial charge is 0.478 e. The van der Waals surface area contributed by atoms with Gasteiger partial charge in [0.2, 0.25) is 0 Å². The normalized spacial score (nSPS) is 20.0. The summed E-state index contributed by atoms with van der Waals surface area (Å²) in [6.07, 6.45) is 9.00. The van der Waals surface area contributed by atoms with E-state index in [0.29, 0.717) is 5.56 Å². The van der Waals surface area contributed by atoms with Crippen molar-refractivity contribution in [2.24, 2.45) is 0 Å². The summed E-state index contributed by atoms with van der Waals surface area (Å²) >= 11 is 0. The van der Waals surface area contributed by atoms with Gasteiger partial charge in [-0.25, -0.2) is 4.79 Å². The van der Waals surface area contributed by atoms with E-state index in [4.69, 9.17) is 9.84 Å². The fraction of sp³-hybridized carbons (Fsp3) is 0.0714. The van der Waals surface area contributed by atoms with Gasteiger partial charge in [-0.15, -0.1) is 0 Å². The maximum Gasteiger partial charge on any atom is 0.336 e. The lowest BCUT2D eigenvalue weighted by Crippen LogP contribution is -2.11. The van der Waals surface area contributed by atoms with Crippen molar-refractivity contribution in [1.82, 2.24) is 0 Å². The van der Waals surface area contributed by atoms with Gasteiger partial charge in [-0.05, 0) is 28.8 Å². The molecule has 2 aliphatic rings. The Labute approximate surface area is 98.3 Å². The first-order valence-electron chi connectivity index (χ1n) is 5.34. The third-order valence-corrected chi connectivity index (χ3v) is 3.06. The van der Waals surface area contributed by atoms with Crippen molar-refractivity contribution in [1.29, 1.82) is 0 Å². The maximum absolute atomic E-state index is 11.1. The van der Waals surface area contributed by atoms with Crippen molar-refractivity contribution in [2.75, 3.05) is 0 Å². The van der Waals surface area contributed by atoms with Crippen LogP contribution in [0.25, 0.3) is 6.08 Å². The number of ether oxygens (including phenoxy) is 1. The second-order valence-corrected chi connectivity index (χ2v) is 4.01. The standard InChI is InChI=1S/C14H10O3/c15-14(16)13-3-1-2-11-10-6-7-17-8-9(10)4-5-12(11)13/h1-8,10H,(H,15,16). The number of fused-ring (bicyclic) bond motifs is 3. The van der Waals surface area contributed by atoms with Gasteiger partial charge in [0.05, 0.1) is 18.1 Å². The van der Waals surface area contributed by atoms with Crippen LogP contribution in [0.5, 0.6) is 0 Å². The number of carboxylic acid groups (broad SMARTS) is 1. The summed E-state index contributed by atoms with van der Waals surface area (Å²) in [6, 6.07) is 5.37. The van der Waals surface area contributed by atoms with Crippen LogP contribution in [0.3, 0.4) is 0 Å². The molecule has 1 aliphatic heterocycles. The van der Waals surface area contributed by atoms with E-state index in [9.17, 15) is 4.79 Å². The Hall–Kier alpha value is -2.29. The summed E-state index contributed by atoms with van der Waals surface area (Å²) in [5.41, 5.74) is 3.19. The number of benzene rings is 1. The Morgan fingerprint density at radius 1 is 1.29 bits per heavy atom. The summed E-state index contributed by atoms with van der Waals surface area (Å²) in [5.74, 6) is -0.794. The topological polar surface area (TPSA) is 46.5 Å². The molecule has 0 spiro atoms. The van der Waals surface area contributed by atoms with Crippen molar-refractivity contribution in [2.45, 2.75) is 5.92 Å². The highest BCUT2D eigenvalue weighted by Crippen LogP contribution is 2.37. The quantitative estimate of drug-likeness (QED) is 0.800. The first-order chi connectivity index (χ1) is 8.27. The fourth-order valence-corrected chi connectivity index (χ4v) is 2.26. The summed E-state index contributed by atoms with van der Waals surface area (Å²) < 4.78 is 5.12. The Bertz CT molecular complexity index is 579. The van der Waals surface area contributed by atoms with Crippen LogP contribution in [-0.2, 0) is 4.74 Å². The van der Waals surface area contributed by atoms with Crippen LogP contribution in [0.1, 0.15) is 27.4 Å². The Morgan fingerprint density at radius 3 is 3.00 bits per heavy atom. The second kappa shape index (κ2) is 3.63. The number of carbonyl (C=O) groups is 1. The summed E-state index contributed by atoms with van der Waals surface area (Å²) in [4.78, 5) is 11.1. The summed E-state index contributed by atoms with van der Waals surface area (Å²) in [7, 11) is 0. The highest BCUT2D eigenvalue weighted by molar-refractivity contribution is 5.93. The molecule has 1 heterocycles. The molecule has 3 nitrogen and oxygen atoms in total. The third-order valence-electron chi connectivity index (χ3n) is 3.06. The van der Waals surface area contributed by atoms with Gasteiger partial charge in [0.15, 0.2) is 0 Å². The van der Waals surface area contributed by atoms with E-state index in [1.54, 1.807) is 24.7 Å². The van der Waals surface area contributed by atoms with Gasteiger partial charge >= 0.3 is 5.97 Å². The minimum atomic E-state index is -0.894. The predicted octanol–water partition coefficient (Wildman–Crippen LogP) is 2.92. The molecular weight excluding hydrogens is 216 g/mol. The van der Waals surface area contributed by atoms with Crippen molar-refractivity contribution in [3.05, 3.63) is 65.1 Å². The molecule has 17 heavy (non-hydrogen) atoms. The van der Waals surface area contributed by atoms with Crippen molar-refractivity contribution < 1.29 is 14.6 Å². The van der Waals surface area contributed by atoms with Crippen LogP contribution in [0, 0.1) is 0 Å². The number of hydrogen-bond acceptors (Lipinski definition) is 2. The van der Waals surface area contributed by atoms with Crippen molar-refractivity contribution >= 4 is 12.0 Å². The smallest absolute Gasteiger partial charge is 0.336 e. The molecule has 84 valence electrons. The lowest BCUT2D eigenvalue weighted by molar-refractivity contribution is 0.0696. The van der Waals surface area contributed by atoms with Gasteiger partial charge in [0.1, 0.15) is 0 Å². The van der Waals surface area contributed by atoms with Crippen LogP contribution in [0.2, 0.25) is 0 Å². The van der Waals surface area contributed by atoms with Crippen LogP contribution in [0.15, 0.2) is 48.4 Å². The van der Waals surface area contributed by atoms with Crippen LogP contribution in [-0.4, -0.2) is 11.1 Å². The van der Waals surface area contributed by atoms with Crippen LogP contribution < -0.4 is 0 Å². The first-order valence-corrected chi connectivity index (χ1v) is 5.34. The molecule has 1 aromatic carbocycles. The molecule has 1 aliphatic carbocycles. The first kappa shape index (κ1) is 9.90. The molecule has 1 unspecified atom stereocenters. The van der Waals surface area contributed by atoms with E-state index in [2.05, 4.69) is 0 Å². The van der Waals surface area contributed by atoms with Gasteiger partial charge in [0.25, 0.3) is 0 Å². The second-order valence-electron chi connectivity index (χ2n) is 4.01. The van der Waals surface area contributed by atoms with Gasteiger partial charge in [0, 0.05) is 5.92 Å². The fourth-order valence-electron chi connectivity index (χ4n) is 2.26. The lowest BCUT2D eigenvalue weighted by atomic mass is 9.81. The zero-order valence-corrected chi connectivity index (χ0v) is 8.96. The Morgan fingerprint density at radius 2 is 2.18 bits per heavy atom. The van der Waals surface area contributed by atoms with E-state index in [1.807, 2.05) is 24.3 Å². The molecule has 0 saturated carbocycles. The summed E-state index contributed by atoms with van der Waals surface area (Å²) in [6.45, 7) is 0. The van der Waals surface area contributed by atoms with Gasteiger partial charge in [-0.3, -0.25) is 0 Å². The Kier molecular flexibility index (Phi) is 2.11. The predicted molar refractivity (Wildman–Crippen MR) is 63.5 cm³/mol. The SMILES string of the molecule is O=C(O)c1cccc2c1C=CC1=COC=CC12. The molecular formula is C14H10O3. The van der Waals surface area contributed by atoms with E-state index >= 15 is 0 Å². The van der Waals surface area contributed by atoms with E-state index < -0.39 is 5.97 Å². The molecule has 0 fully saturated rings. The highest BCUT2D eigenvalue weighted by Gasteiger charge is 2.24. The lowest BCUT2D eigenvalue weighted by Gasteiger charge is -2.24. The monoisotopic (exact) mass is 226 g/mol. The number of allylic oxidation sites excluding steroid dienone is 3. The third kappa shape index (κ3) is 1.47. The van der Waals surface area contributed by atoms with Crippen LogP contribution >= 0.6 is 0 Å². The molecule has 1 aromatic rings. The van der Waals surface area contributed by atoms with Gasteiger partial charge in [-0.2, -0.15) is 0 Å². The molecule has 0 radical (unpaired) electrons. The summed E-state index contributed by atoms with van der Waals surface area (Å²) in [5, 5.41) is 9.15. The zero-order chi connectivity index (χ0) is 11.8. The Balaban J connectivity index is 2.21. The van der Waals surface area contributed by atoms with Gasteiger partial charge < -0.3 is 9.84 Å². The zero-order valence-electron chi connectivity index (χ0n) is 8.96. The number of carboxylic acids is 1. The molecule has 1 atom stereocenters. The highest BCUT2D eigenvalue weighted by atomic mass is 16.5. The maximum atomic E-state index is 11.1. The molecule has 1 N–H and O–H groups in total. The molecule has 3 rings (SSSR count). The number of rotatable bonds is 1. The molecule has 0 amide bonds. The van der Waals surface area contributed by atoms with E-state index in [0.717, 1.165) is 16.7 Å². The molecule has 0 aromatic heterocycles. The average molecular weight is 226 g/mol. The molecule has 0 saturated heterocycles. The minimum Gasteiger partial charge on any atom is -0.478 e. The molecule has 0 bridgehead atoms. The molecule has 3 heteroatoms. The van der Waals surface area contributed by atoms with Gasteiger partial charge in [-0.1, -0.05) is 24.3 Å². The minimum absolute atomic E-state index is 0.100. The average Bonchev–Trinajstić information content (AvgIpc) is 2.37. The van der Waals surface area contributed by atoms with Crippen LogP contribution in [0.4, 0.5) is 0 Å². The number of aromatic carboxylic acids is 1. The number of hydrogen-bond donors (Lipinski definition) is 1. The van der Waals surface area contributed by atoms with E-state index in [1.165, 1.54) is 0 Å². The van der Waals surface area contributed by atoms with E-state index in [-0.39, 0.29) is 5.92 Å².